The lowest BCUT2D eigenvalue weighted by molar-refractivity contribution is 0.0940. The van der Waals surface area contributed by atoms with E-state index in [0.29, 0.717) is 27.5 Å². The maximum absolute atomic E-state index is 13.5. The number of amides is 3. The number of benzene rings is 1. The van der Waals surface area contributed by atoms with E-state index >= 15 is 0 Å². The zero-order chi connectivity index (χ0) is 18.5. The van der Waals surface area contributed by atoms with Crippen molar-refractivity contribution in [1.82, 2.24) is 10.6 Å². The van der Waals surface area contributed by atoms with Gasteiger partial charge in [-0.1, -0.05) is 18.6 Å². The number of thiophene rings is 1. The second-order valence-electron chi connectivity index (χ2n) is 6.22. The first-order valence-corrected chi connectivity index (χ1v) is 9.32. The summed E-state index contributed by atoms with van der Waals surface area (Å²) in [7, 11) is 0. The number of primary amides is 1. The predicted molar refractivity (Wildman–Crippen MR) is 101 cm³/mol. The number of anilines is 1. The van der Waals surface area contributed by atoms with Crippen LogP contribution in [0.5, 0.6) is 0 Å². The second kappa shape index (κ2) is 8.29. The molecule has 0 radical (unpaired) electrons. The number of rotatable bonds is 4. The van der Waals surface area contributed by atoms with Gasteiger partial charge in [0.15, 0.2) is 0 Å². The molecule has 1 unspecified atom stereocenters. The van der Waals surface area contributed by atoms with Crippen molar-refractivity contribution in [3.05, 3.63) is 41.0 Å². The summed E-state index contributed by atoms with van der Waals surface area (Å²) in [5, 5.41) is 8.79. The third-order valence-electron chi connectivity index (χ3n) is 4.19. The highest BCUT2D eigenvalue weighted by atomic mass is 32.1. The third-order valence-corrected chi connectivity index (χ3v) is 5.37. The summed E-state index contributed by atoms with van der Waals surface area (Å²) in [4.78, 5) is 25.1. The van der Waals surface area contributed by atoms with Crippen LogP contribution in [-0.2, 0) is 0 Å². The summed E-state index contributed by atoms with van der Waals surface area (Å²) in [5.41, 5.74) is 6.19. The van der Waals surface area contributed by atoms with Crippen molar-refractivity contribution >= 4 is 29.0 Å². The second-order valence-corrected chi connectivity index (χ2v) is 7.28. The van der Waals surface area contributed by atoms with E-state index in [1.807, 2.05) is 0 Å². The van der Waals surface area contributed by atoms with Crippen molar-refractivity contribution in [2.45, 2.75) is 25.3 Å². The number of hydrogen-bond donors (Lipinski definition) is 4. The molecule has 2 aromatic rings. The number of carbonyl (C=O) groups excluding carboxylic acids is 2. The lowest BCUT2D eigenvalue weighted by atomic mass is 10.1. The molecule has 3 rings (SSSR count). The Kier molecular flexibility index (Phi) is 5.85. The van der Waals surface area contributed by atoms with Crippen molar-refractivity contribution in [3.63, 3.8) is 0 Å². The van der Waals surface area contributed by atoms with Gasteiger partial charge in [0.25, 0.3) is 5.91 Å². The van der Waals surface area contributed by atoms with Gasteiger partial charge in [0.2, 0.25) is 0 Å². The van der Waals surface area contributed by atoms with Gasteiger partial charge in [-0.05, 0) is 43.1 Å². The van der Waals surface area contributed by atoms with E-state index in [1.165, 1.54) is 23.5 Å². The van der Waals surface area contributed by atoms with Gasteiger partial charge < -0.3 is 21.7 Å². The van der Waals surface area contributed by atoms with Crippen LogP contribution in [0.25, 0.3) is 10.4 Å². The summed E-state index contributed by atoms with van der Waals surface area (Å²) >= 11 is 1.20. The number of nitrogens with two attached hydrogens (primary N) is 1. The van der Waals surface area contributed by atoms with E-state index < -0.39 is 6.03 Å². The fourth-order valence-electron chi connectivity index (χ4n) is 2.96. The molecule has 0 spiro atoms. The molecular formula is C18H21FN4O2S. The molecule has 6 nitrogen and oxygen atoms in total. The molecule has 1 aromatic carbocycles. The Hall–Kier alpha value is -2.45. The van der Waals surface area contributed by atoms with Gasteiger partial charge in [-0.3, -0.25) is 4.79 Å². The number of nitrogens with one attached hydrogen (secondary N) is 3. The van der Waals surface area contributed by atoms with Gasteiger partial charge in [-0.2, -0.15) is 0 Å². The number of hydrogen-bond acceptors (Lipinski definition) is 4. The molecule has 1 aromatic heterocycles. The first-order valence-electron chi connectivity index (χ1n) is 8.51. The standard InChI is InChI=1S/C18H21FN4O2S/c19-12-5-3-4-11(8-12)15-9-14(23-18(20)25)16(26-15)17(24)22-13-6-1-2-7-21-10-13/h3-5,8-9,13,21H,1-2,6-7,10H2,(H,22,24)(H3,20,23,25). The molecule has 8 heteroatoms. The first kappa shape index (κ1) is 18.3. The Morgan fingerprint density at radius 2 is 2.12 bits per heavy atom. The van der Waals surface area contributed by atoms with E-state index in [9.17, 15) is 14.0 Å². The number of carbonyl (C=O) groups is 2. The Bertz CT molecular complexity index is 800. The van der Waals surface area contributed by atoms with Gasteiger partial charge in [-0.25, -0.2) is 9.18 Å². The van der Waals surface area contributed by atoms with Crippen LogP contribution in [0.1, 0.15) is 28.9 Å². The highest BCUT2D eigenvalue weighted by molar-refractivity contribution is 7.18. The Labute approximate surface area is 155 Å². The highest BCUT2D eigenvalue weighted by Gasteiger charge is 2.21. The van der Waals surface area contributed by atoms with Gasteiger partial charge in [0.1, 0.15) is 10.7 Å². The van der Waals surface area contributed by atoms with E-state index in [-0.39, 0.29) is 17.8 Å². The summed E-state index contributed by atoms with van der Waals surface area (Å²) in [5.74, 6) is -0.633. The van der Waals surface area contributed by atoms with Crippen LogP contribution in [-0.4, -0.2) is 31.1 Å². The molecule has 1 saturated heterocycles. The molecule has 26 heavy (non-hydrogen) atoms. The van der Waals surface area contributed by atoms with Crippen molar-refractivity contribution in [1.29, 1.82) is 0 Å². The van der Waals surface area contributed by atoms with E-state index in [4.69, 9.17) is 5.73 Å². The zero-order valence-corrected chi connectivity index (χ0v) is 15.0. The topological polar surface area (TPSA) is 96.2 Å². The van der Waals surface area contributed by atoms with Gasteiger partial charge >= 0.3 is 6.03 Å². The number of halogens is 1. The average molecular weight is 376 g/mol. The molecular weight excluding hydrogens is 355 g/mol. The summed E-state index contributed by atoms with van der Waals surface area (Å²) in [6.07, 6.45) is 3.03. The maximum Gasteiger partial charge on any atom is 0.316 e. The maximum atomic E-state index is 13.5. The Morgan fingerprint density at radius 1 is 1.27 bits per heavy atom. The lowest BCUT2D eigenvalue weighted by Crippen LogP contribution is -2.40. The summed E-state index contributed by atoms with van der Waals surface area (Å²) in [6, 6.07) is 7.01. The van der Waals surface area contributed by atoms with Crippen LogP contribution in [0.2, 0.25) is 0 Å². The van der Waals surface area contributed by atoms with E-state index in [0.717, 1.165) is 25.8 Å². The molecule has 2 heterocycles. The monoisotopic (exact) mass is 376 g/mol. The summed E-state index contributed by atoms with van der Waals surface area (Å²) in [6.45, 7) is 1.66. The van der Waals surface area contributed by atoms with Crippen LogP contribution in [0.3, 0.4) is 0 Å². The molecule has 0 saturated carbocycles. The Morgan fingerprint density at radius 3 is 2.88 bits per heavy atom. The fraction of sp³-hybridized carbons (Fsp3) is 0.333. The van der Waals surface area contributed by atoms with Crippen LogP contribution in [0, 0.1) is 5.82 Å². The smallest absolute Gasteiger partial charge is 0.316 e. The first-order chi connectivity index (χ1) is 12.5. The predicted octanol–water partition coefficient (Wildman–Crippen LogP) is 2.92. The van der Waals surface area contributed by atoms with Gasteiger partial charge in [-0.15, -0.1) is 11.3 Å². The molecule has 1 atom stereocenters. The molecule has 1 aliphatic heterocycles. The molecule has 5 N–H and O–H groups in total. The average Bonchev–Trinajstić information content (AvgIpc) is 2.83. The quantitative estimate of drug-likeness (QED) is 0.661. The highest BCUT2D eigenvalue weighted by Crippen LogP contribution is 2.35. The molecule has 138 valence electrons. The largest absolute Gasteiger partial charge is 0.351 e. The zero-order valence-electron chi connectivity index (χ0n) is 14.2. The van der Waals surface area contributed by atoms with Crippen molar-refractivity contribution < 1.29 is 14.0 Å². The van der Waals surface area contributed by atoms with E-state index in [2.05, 4.69) is 16.0 Å². The van der Waals surface area contributed by atoms with E-state index in [1.54, 1.807) is 18.2 Å². The third kappa shape index (κ3) is 4.59. The minimum Gasteiger partial charge on any atom is -0.351 e. The lowest BCUT2D eigenvalue weighted by Gasteiger charge is -2.16. The molecule has 0 aliphatic carbocycles. The number of urea groups is 1. The van der Waals surface area contributed by atoms with Gasteiger partial charge in [0, 0.05) is 17.5 Å². The minimum atomic E-state index is -0.751. The van der Waals surface area contributed by atoms with Gasteiger partial charge in [0.05, 0.1) is 5.69 Å². The van der Waals surface area contributed by atoms with Crippen molar-refractivity contribution in [3.8, 4) is 10.4 Å². The molecule has 1 aliphatic rings. The van der Waals surface area contributed by atoms with Crippen LogP contribution < -0.4 is 21.7 Å². The fourth-order valence-corrected chi connectivity index (χ4v) is 3.98. The SMILES string of the molecule is NC(=O)Nc1cc(-c2cccc(F)c2)sc1C(=O)NC1CCCCNC1. The molecule has 0 bridgehead atoms. The Balaban J connectivity index is 1.86. The van der Waals surface area contributed by atoms with Crippen LogP contribution in [0.4, 0.5) is 14.9 Å². The molecule has 3 amide bonds. The molecule has 1 fully saturated rings. The van der Waals surface area contributed by atoms with Crippen molar-refractivity contribution in [2.75, 3.05) is 18.4 Å². The minimum absolute atomic E-state index is 0.0335. The normalized spacial score (nSPS) is 17.3. The van der Waals surface area contributed by atoms with Crippen LogP contribution in [0.15, 0.2) is 30.3 Å². The van der Waals surface area contributed by atoms with Crippen LogP contribution >= 0.6 is 11.3 Å². The van der Waals surface area contributed by atoms with Crippen molar-refractivity contribution in [2.24, 2.45) is 5.73 Å². The summed E-state index contributed by atoms with van der Waals surface area (Å²) < 4.78 is 13.5.